The van der Waals surface area contributed by atoms with E-state index in [0.29, 0.717) is 29.2 Å². The Morgan fingerprint density at radius 2 is 2.03 bits per heavy atom. The fourth-order valence-corrected chi connectivity index (χ4v) is 5.29. The topological polar surface area (TPSA) is 55.2 Å². The summed E-state index contributed by atoms with van der Waals surface area (Å²) in [5.74, 6) is 0.564. The van der Waals surface area contributed by atoms with E-state index in [1.165, 1.54) is 33.7 Å². The Balaban J connectivity index is 1.82. The predicted molar refractivity (Wildman–Crippen MR) is 113 cm³/mol. The molecule has 2 heterocycles. The zero-order chi connectivity index (χ0) is 20.7. The van der Waals surface area contributed by atoms with Gasteiger partial charge in [-0.25, -0.2) is 9.37 Å². The van der Waals surface area contributed by atoms with Crippen molar-refractivity contribution in [2.24, 2.45) is 5.92 Å². The Bertz CT molecular complexity index is 1130. The number of halogens is 1. The highest BCUT2D eigenvalue weighted by atomic mass is 32.1. The van der Waals surface area contributed by atoms with Gasteiger partial charge in [-0.1, -0.05) is 6.92 Å². The van der Waals surface area contributed by atoms with Crippen LogP contribution in [0, 0.1) is 11.7 Å². The summed E-state index contributed by atoms with van der Waals surface area (Å²) >= 11 is 1.61. The summed E-state index contributed by atoms with van der Waals surface area (Å²) < 4.78 is 14.7. The number of Topliss-reactive ketones (excluding diaryl/α,β-unsaturated/α-hetero) is 1. The molecular weight excluding hydrogens is 389 g/mol. The van der Waals surface area contributed by atoms with Crippen molar-refractivity contribution in [2.75, 3.05) is 14.1 Å². The number of carbonyl (C=O) groups is 1. The number of benzene rings is 1. The number of rotatable bonds is 5. The molecule has 0 saturated carbocycles. The molecule has 1 aliphatic carbocycles. The van der Waals surface area contributed by atoms with Crippen LogP contribution in [0.1, 0.15) is 40.0 Å². The van der Waals surface area contributed by atoms with Gasteiger partial charge in [0, 0.05) is 10.4 Å². The van der Waals surface area contributed by atoms with E-state index in [1.54, 1.807) is 11.3 Å². The zero-order valence-corrected chi connectivity index (χ0v) is 17.7. The molecule has 0 radical (unpaired) electrons. The third kappa shape index (κ3) is 3.89. The highest BCUT2D eigenvalue weighted by Gasteiger charge is 2.25. The van der Waals surface area contributed by atoms with E-state index in [2.05, 4.69) is 6.92 Å². The van der Waals surface area contributed by atoms with Crippen LogP contribution in [0.2, 0.25) is 0 Å². The van der Waals surface area contributed by atoms with Crippen LogP contribution in [0.3, 0.4) is 0 Å². The minimum atomic E-state index is -0.394. The highest BCUT2D eigenvalue weighted by molar-refractivity contribution is 7.18. The Morgan fingerprint density at radius 3 is 2.72 bits per heavy atom. The van der Waals surface area contributed by atoms with Crippen LogP contribution in [0.25, 0.3) is 10.2 Å². The number of fused-ring (bicyclic) bond motifs is 3. The molecule has 1 aromatic carbocycles. The van der Waals surface area contributed by atoms with Gasteiger partial charge in [0.2, 0.25) is 0 Å². The smallest absolute Gasteiger partial charge is 0.263 e. The van der Waals surface area contributed by atoms with E-state index in [1.807, 2.05) is 19.0 Å². The highest BCUT2D eigenvalue weighted by Crippen LogP contribution is 2.35. The van der Waals surface area contributed by atoms with Crippen molar-refractivity contribution in [2.45, 2.75) is 39.3 Å². The Labute approximate surface area is 172 Å². The largest absolute Gasteiger partial charge is 0.302 e. The molecule has 1 aliphatic rings. The minimum Gasteiger partial charge on any atom is -0.302 e. The summed E-state index contributed by atoms with van der Waals surface area (Å²) in [4.78, 5) is 35.0. The lowest BCUT2D eigenvalue weighted by atomic mass is 9.89. The number of carbonyl (C=O) groups excluding carboxylic acids is 1. The quantitative estimate of drug-likeness (QED) is 0.599. The number of hydrogen-bond donors (Lipinski definition) is 0. The van der Waals surface area contributed by atoms with Crippen LogP contribution in [0.5, 0.6) is 0 Å². The van der Waals surface area contributed by atoms with E-state index in [0.717, 1.165) is 29.7 Å². The van der Waals surface area contributed by atoms with Gasteiger partial charge in [0.05, 0.1) is 18.5 Å². The van der Waals surface area contributed by atoms with Gasteiger partial charge in [-0.05, 0) is 69.1 Å². The second kappa shape index (κ2) is 7.80. The van der Waals surface area contributed by atoms with E-state index >= 15 is 0 Å². The van der Waals surface area contributed by atoms with Gasteiger partial charge in [-0.3, -0.25) is 14.2 Å². The third-order valence-corrected chi connectivity index (χ3v) is 6.57. The average molecular weight is 414 g/mol. The van der Waals surface area contributed by atoms with Crippen molar-refractivity contribution in [3.05, 3.63) is 62.3 Å². The number of thiophene rings is 1. The summed E-state index contributed by atoms with van der Waals surface area (Å²) in [6.07, 6.45) is 2.92. The van der Waals surface area contributed by atoms with Crippen LogP contribution >= 0.6 is 11.3 Å². The molecule has 0 bridgehead atoms. The zero-order valence-electron chi connectivity index (χ0n) is 16.9. The Kier molecular flexibility index (Phi) is 5.36. The van der Waals surface area contributed by atoms with E-state index in [4.69, 9.17) is 4.98 Å². The molecular formula is C22H24FN3O2S. The first kappa shape index (κ1) is 19.9. The summed E-state index contributed by atoms with van der Waals surface area (Å²) in [6.45, 7) is 2.59. The Morgan fingerprint density at radius 1 is 1.31 bits per heavy atom. The Hall–Kier alpha value is -2.38. The number of nitrogens with zero attached hydrogens (tertiary/aromatic N) is 3. The maximum Gasteiger partial charge on any atom is 0.263 e. The molecule has 2 aromatic heterocycles. The lowest BCUT2D eigenvalue weighted by Gasteiger charge is -2.18. The standard InChI is InChI=1S/C22H24FN3O2S/c1-13-4-9-16-18(10-13)29-21-20(16)22(28)26(19(24-21)12-25(2)3)11-17(27)14-5-7-15(23)8-6-14/h5-8,13H,4,9-12H2,1-3H3. The van der Waals surface area contributed by atoms with Gasteiger partial charge < -0.3 is 4.90 Å². The first-order valence-corrected chi connectivity index (χ1v) is 10.6. The van der Waals surface area contributed by atoms with Gasteiger partial charge in [0.1, 0.15) is 16.5 Å². The molecule has 29 heavy (non-hydrogen) atoms. The summed E-state index contributed by atoms with van der Waals surface area (Å²) in [7, 11) is 3.81. The van der Waals surface area contributed by atoms with Gasteiger partial charge in [-0.2, -0.15) is 0 Å². The van der Waals surface area contributed by atoms with Crippen LogP contribution in [-0.2, 0) is 25.9 Å². The van der Waals surface area contributed by atoms with Crippen LogP contribution < -0.4 is 5.56 Å². The van der Waals surface area contributed by atoms with Crippen molar-refractivity contribution < 1.29 is 9.18 Å². The number of ketones is 1. The molecule has 0 spiro atoms. The van der Waals surface area contributed by atoms with Crippen molar-refractivity contribution in [3.8, 4) is 0 Å². The second-order valence-corrected chi connectivity index (χ2v) is 9.20. The molecule has 3 aromatic rings. The van der Waals surface area contributed by atoms with E-state index in [9.17, 15) is 14.0 Å². The lowest BCUT2D eigenvalue weighted by molar-refractivity contribution is 0.0968. The molecule has 0 fully saturated rings. The normalized spacial score (nSPS) is 16.4. The number of hydrogen-bond acceptors (Lipinski definition) is 5. The second-order valence-electron chi connectivity index (χ2n) is 8.12. The summed E-state index contributed by atoms with van der Waals surface area (Å²) in [5.41, 5.74) is 1.35. The van der Waals surface area contributed by atoms with E-state index in [-0.39, 0.29) is 17.9 Å². The van der Waals surface area contributed by atoms with E-state index < -0.39 is 5.82 Å². The number of aryl methyl sites for hydroxylation is 1. The van der Waals surface area contributed by atoms with Crippen LogP contribution in [0.4, 0.5) is 4.39 Å². The van der Waals surface area contributed by atoms with Gasteiger partial charge >= 0.3 is 0 Å². The van der Waals surface area contributed by atoms with Crippen molar-refractivity contribution in [1.82, 2.24) is 14.5 Å². The summed E-state index contributed by atoms with van der Waals surface area (Å²) in [5, 5.41) is 0.673. The molecule has 1 unspecified atom stereocenters. The first-order chi connectivity index (χ1) is 13.8. The van der Waals surface area contributed by atoms with Gasteiger partial charge in [-0.15, -0.1) is 11.3 Å². The average Bonchev–Trinajstić information content (AvgIpc) is 3.02. The molecule has 0 aliphatic heterocycles. The SMILES string of the molecule is CC1CCc2c(sc3nc(CN(C)C)n(CC(=O)c4ccc(F)cc4)c(=O)c23)C1. The predicted octanol–water partition coefficient (Wildman–Crippen LogP) is 3.67. The summed E-state index contributed by atoms with van der Waals surface area (Å²) in [6, 6.07) is 5.42. The molecule has 4 rings (SSSR count). The van der Waals surface area contributed by atoms with Gasteiger partial charge in [0.25, 0.3) is 5.56 Å². The van der Waals surface area contributed by atoms with Crippen molar-refractivity contribution in [3.63, 3.8) is 0 Å². The van der Waals surface area contributed by atoms with Crippen LogP contribution in [-0.4, -0.2) is 34.3 Å². The molecule has 0 amide bonds. The molecule has 152 valence electrons. The maximum absolute atomic E-state index is 13.5. The minimum absolute atomic E-state index is 0.0996. The molecule has 7 heteroatoms. The maximum atomic E-state index is 13.5. The van der Waals surface area contributed by atoms with Crippen LogP contribution in [0.15, 0.2) is 29.1 Å². The lowest BCUT2D eigenvalue weighted by Crippen LogP contribution is -2.31. The molecule has 1 atom stereocenters. The molecule has 0 saturated heterocycles. The van der Waals surface area contributed by atoms with Crippen molar-refractivity contribution in [1.29, 1.82) is 0 Å². The molecule has 5 nitrogen and oxygen atoms in total. The molecule has 0 N–H and O–H groups in total. The third-order valence-electron chi connectivity index (χ3n) is 5.42. The van der Waals surface area contributed by atoms with Crippen molar-refractivity contribution >= 4 is 27.3 Å². The fraction of sp³-hybridized carbons (Fsp3) is 0.409. The first-order valence-electron chi connectivity index (χ1n) is 9.81. The fourth-order valence-electron chi connectivity index (χ4n) is 3.90. The monoisotopic (exact) mass is 413 g/mol. The van der Waals surface area contributed by atoms with Gasteiger partial charge in [0.15, 0.2) is 5.78 Å². The number of aromatic nitrogens is 2.